The van der Waals surface area contributed by atoms with E-state index in [2.05, 4.69) is 0 Å². The van der Waals surface area contributed by atoms with Crippen molar-refractivity contribution >= 4 is 53.4 Å². The van der Waals surface area contributed by atoms with Crippen LogP contribution in [0.5, 0.6) is 0 Å². The quantitative estimate of drug-likeness (QED) is 0.288. The van der Waals surface area contributed by atoms with Crippen molar-refractivity contribution in [3.63, 3.8) is 0 Å². The molecular weight excluding hydrogens is 315 g/mol. The van der Waals surface area contributed by atoms with Crippen LogP contribution in [0.2, 0.25) is 0 Å². The van der Waals surface area contributed by atoms with Gasteiger partial charge in [-0.05, 0) is 0 Å². The molecule has 0 bridgehead atoms. The molecule has 0 aromatic rings. The Hall–Kier alpha value is -1.24. The molecule has 0 heterocycles. The molecule has 0 saturated carbocycles. The van der Waals surface area contributed by atoms with Crippen molar-refractivity contribution in [3.05, 3.63) is 0 Å². The molecule has 1 radical (unpaired) electrons. The molecule has 0 saturated heterocycles. The summed E-state index contributed by atoms with van der Waals surface area (Å²) >= 11 is 0. The molecule has 22 heavy (non-hydrogen) atoms. The molecule has 0 amide bonds. The van der Waals surface area contributed by atoms with Crippen LogP contribution in [0.1, 0.15) is 27.7 Å². The molecule has 0 unspecified atom stereocenters. The Balaban J connectivity index is -0.0000000250. The first-order valence-electron chi connectivity index (χ1n) is 5.03. The predicted octanol–water partition coefficient (Wildman–Crippen LogP) is -1.94. The minimum absolute atomic E-state index is 0. The number of hydrogen-bond acceptors (Lipinski definition) is 6. The molecule has 0 rings (SSSR count). The molecule has 11 nitrogen and oxygen atoms in total. The second-order valence-electron chi connectivity index (χ2n) is 2.65. The third-order valence-corrected chi connectivity index (χ3v) is 0.167. The Bertz CT molecular complexity index is 197. The number of carbonyl (C=O) groups is 4. The minimum atomic E-state index is -0.833. The van der Waals surface area contributed by atoms with E-state index in [0.29, 0.717) is 13.1 Å². The fourth-order valence-electron chi connectivity index (χ4n) is 0. The Morgan fingerprint density at radius 3 is 0.682 bits per heavy atom. The van der Waals surface area contributed by atoms with Gasteiger partial charge in [0.1, 0.15) is 0 Å². The number of hydrogen-bond donors (Lipinski definition) is 6. The third kappa shape index (κ3) is 103000. The number of nitrogens with two attached hydrogens (primary N) is 2. The molecular formula is C10H26N2NaO9. The average molecular weight is 341 g/mol. The van der Waals surface area contributed by atoms with Crippen molar-refractivity contribution in [2.75, 3.05) is 13.1 Å². The van der Waals surface area contributed by atoms with Gasteiger partial charge in [-0.1, -0.05) is 0 Å². The SMILES string of the molecule is CC(=O)O.CC(=O)O.CC(=O)O.CC(=O)O.NCCN.O.[Na]. The third-order valence-electron chi connectivity index (χ3n) is 0.167. The topological polar surface area (TPSA) is 233 Å². The summed E-state index contributed by atoms with van der Waals surface area (Å²) in [7, 11) is 0. The molecule has 10 N–H and O–H groups in total. The van der Waals surface area contributed by atoms with Gasteiger partial charge in [0.15, 0.2) is 0 Å². The van der Waals surface area contributed by atoms with Crippen LogP contribution in [0.15, 0.2) is 0 Å². The summed E-state index contributed by atoms with van der Waals surface area (Å²) in [5.74, 6) is -3.33. The van der Waals surface area contributed by atoms with Crippen LogP contribution < -0.4 is 11.5 Å². The summed E-state index contributed by atoms with van der Waals surface area (Å²) in [6.45, 7) is 5.53. The minimum Gasteiger partial charge on any atom is -0.481 e. The fourth-order valence-corrected chi connectivity index (χ4v) is 0. The summed E-state index contributed by atoms with van der Waals surface area (Å²) in [5, 5.41) is 29.7. The van der Waals surface area contributed by atoms with Crippen LogP contribution >= 0.6 is 0 Å². The Labute approximate surface area is 150 Å². The summed E-state index contributed by atoms with van der Waals surface area (Å²) in [4.78, 5) is 36.0. The predicted molar refractivity (Wildman–Crippen MR) is 80.7 cm³/mol. The zero-order valence-electron chi connectivity index (χ0n) is 13.5. The van der Waals surface area contributed by atoms with Crippen molar-refractivity contribution in [2.24, 2.45) is 11.5 Å². The Kier molecular flexibility index (Phi) is 83.1. The largest absolute Gasteiger partial charge is 0.481 e. The van der Waals surface area contributed by atoms with E-state index >= 15 is 0 Å². The maximum atomic E-state index is 9.00. The second-order valence-corrected chi connectivity index (χ2v) is 2.65. The van der Waals surface area contributed by atoms with Gasteiger partial charge in [0.25, 0.3) is 23.9 Å². The molecule has 0 atom stereocenters. The number of aliphatic carboxylic acids is 4. The first kappa shape index (κ1) is 42.8. The fraction of sp³-hybridized carbons (Fsp3) is 0.600. The van der Waals surface area contributed by atoms with Gasteiger partial charge in [0.2, 0.25) is 0 Å². The van der Waals surface area contributed by atoms with Gasteiger partial charge in [0.05, 0.1) is 0 Å². The van der Waals surface area contributed by atoms with Crippen LogP contribution in [-0.2, 0) is 19.2 Å². The summed E-state index contributed by atoms with van der Waals surface area (Å²) in [5.41, 5.74) is 9.81. The molecule has 0 fully saturated rings. The number of carboxylic acid groups (broad SMARTS) is 4. The summed E-state index contributed by atoms with van der Waals surface area (Å²) in [6.07, 6.45) is 0. The zero-order valence-corrected chi connectivity index (χ0v) is 15.5. The van der Waals surface area contributed by atoms with Gasteiger partial charge in [0, 0.05) is 70.3 Å². The monoisotopic (exact) mass is 341 g/mol. The van der Waals surface area contributed by atoms with E-state index in [1.54, 1.807) is 0 Å². The van der Waals surface area contributed by atoms with E-state index in [4.69, 9.17) is 51.1 Å². The number of carboxylic acids is 4. The normalized spacial score (nSPS) is 5.91. The smallest absolute Gasteiger partial charge is 0.300 e. The first-order valence-corrected chi connectivity index (χ1v) is 5.03. The molecule has 0 aliphatic heterocycles. The van der Waals surface area contributed by atoms with Crippen LogP contribution in [0.25, 0.3) is 0 Å². The van der Waals surface area contributed by atoms with E-state index in [1.165, 1.54) is 0 Å². The van der Waals surface area contributed by atoms with Crippen molar-refractivity contribution in [3.8, 4) is 0 Å². The van der Waals surface area contributed by atoms with Gasteiger partial charge >= 0.3 is 0 Å². The Morgan fingerprint density at radius 2 is 0.682 bits per heavy atom. The molecule has 0 aromatic carbocycles. The summed E-state index contributed by atoms with van der Waals surface area (Å²) in [6, 6.07) is 0. The van der Waals surface area contributed by atoms with Crippen LogP contribution in [0.3, 0.4) is 0 Å². The molecule has 12 heteroatoms. The van der Waals surface area contributed by atoms with Crippen molar-refractivity contribution in [2.45, 2.75) is 27.7 Å². The summed E-state index contributed by atoms with van der Waals surface area (Å²) < 4.78 is 0. The van der Waals surface area contributed by atoms with Crippen LogP contribution in [0.4, 0.5) is 0 Å². The van der Waals surface area contributed by atoms with E-state index in [1.807, 2.05) is 0 Å². The maximum Gasteiger partial charge on any atom is 0.300 e. The maximum absolute atomic E-state index is 9.00. The standard InChI is InChI=1S/C2H8N2.4C2H4O2.Na.H2O/c3-1-2-4;4*1-2(3)4;;/h1-4H2;4*1H3,(H,3,4);;1H2. The van der Waals surface area contributed by atoms with Crippen LogP contribution in [-0.4, -0.2) is 92.4 Å². The Morgan fingerprint density at radius 1 is 0.636 bits per heavy atom. The van der Waals surface area contributed by atoms with E-state index in [9.17, 15) is 0 Å². The van der Waals surface area contributed by atoms with E-state index < -0.39 is 23.9 Å². The van der Waals surface area contributed by atoms with Crippen molar-refractivity contribution in [1.82, 2.24) is 0 Å². The van der Waals surface area contributed by atoms with Crippen LogP contribution in [0, 0.1) is 0 Å². The van der Waals surface area contributed by atoms with Gasteiger partial charge in [-0.3, -0.25) is 19.2 Å². The molecule has 0 aliphatic carbocycles. The van der Waals surface area contributed by atoms with Gasteiger partial charge in [-0.15, -0.1) is 0 Å². The van der Waals surface area contributed by atoms with Gasteiger partial charge in [-0.2, -0.15) is 0 Å². The molecule has 0 aliphatic rings. The molecule has 131 valence electrons. The first-order chi connectivity index (χ1) is 8.84. The number of rotatable bonds is 1. The second kappa shape index (κ2) is 42.7. The van der Waals surface area contributed by atoms with E-state index in [0.717, 1.165) is 27.7 Å². The zero-order chi connectivity index (χ0) is 17.7. The molecule has 0 aromatic heterocycles. The molecule has 0 spiro atoms. The van der Waals surface area contributed by atoms with Crippen molar-refractivity contribution in [1.29, 1.82) is 0 Å². The average Bonchev–Trinajstić information content (AvgIpc) is 2.13. The van der Waals surface area contributed by atoms with E-state index in [-0.39, 0.29) is 35.0 Å². The van der Waals surface area contributed by atoms with Gasteiger partial charge < -0.3 is 37.4 Å². The van der Waals surface area contributed by atoms with Gasteiger partial charge in [-0.25, -0.2) is 0 Å². The van der Waals surface area contributed by atoms with Crippen molar-refractivity contribution < 1.29 is 45.1 Å².